The average molecular weight is 431 g/mol. The summed E-state index contributed by atoms with van der Waals surface area (Å²) in [5.74, 6) is 0. The molecule has 2 aliphatic rings. The van der Waals surface area contributed by atoms with Crippen molar-refractivity contribution in [3.8, 4) is 0 Å². The minimum absolute atomic E-state index is 0. The number of anilines is 1. The number of halogens is 4. The molecule has 2 fully saturated rings. The first kappa shape index (κ1) is 25.1. The number of piperidine rings is 1. The first-order chi connectivity index (χ1) is 10.8. The van der Waals surface area contributed by atoms with Gasteiger partial charge in [0.15, 0.2) is 0 Å². The van der Waals surface area contributed by atoms with Crippen LogP contribution >= 0.6 is 48.8 Å². The van der Waals surface area contributed by atoms with Gasteiger partial charge < -0.3 is 10.2 Å². The van der Waals surface area contributed by atoms with Crippen molar-refractivity contribution in [1.29, 1.82) is 0 Å². The Hall–Kier alpha value is 0.1000. The maximum atomic E-state index is 5.89. The lowest BCUT2D eigenvalue weighted by atomic mass is 9.99. The molecule has 1 aromatic rings. The minimum Gasteiger partial charge on any atom is -0.385 e. The fourth-order valence-electron chi connectivity index (χ4n) is 3.68. The topological polar surface area (TPSA) is 18.5 Å². The second-order valence-electron chi connectivity index (χ2n) is 6.63. The number of benzene rings is 1. The number of hydrogen-bond acceptors (Lipinski definition) is 3. The maximum absolute atomic E-state index is 5.89. The van der Waals surface area contributed by atoms with Gasteiger partial charge in [0.25, 0.3) is 0 Å². The second kappa shape index (κ2) is 13.3. The van der Waals surface area contributed by atoms with Gasteiger partial charge in [0.2, 0.25) is 0 Å². The summed E-state index contributed by atoms with van der Waals surface area (Å²) in [7, 11) is 0. The SMILES string of the molecule is Cl.Cl.Cl.Clc1ccc(NCCCCN2CCN3CCCCC3C2)cc1. The molecule has 1 unspecified atom stereocenters. The molecule has 1 N–H and O–H groups in total. The minimum atomic E-state index is 0. The molecule has 1 atom stereocenters. The number of piperazine rings is 1. The Morgan fingerprint density at radius 1 is 0.960 bits per heavy atom. The molecule has 0 aromatic heterocycles. The number of hydrogen-bond donors (Lipinski definition) is 1. The van der Waals surface area contributed by atoms with Crippen LogP contribution in [0.3, 0.4) is 0 Å². The van der Waals surface area contributed by atoms with Crippen molar-refractivity contribution in [2.45, 2.75) is 38.1 Å². The van der Waals surface area contributed by atoms with Crippen LogP contribution in [0, 0.1) is 0 Å². The normalized spacial score (nSPS) is 20.4. The van der Waals surface area contributed by atoms with E-state index in [1.54, 1.807) is 0 Å². The quantitative estimate of drug-likeness (QED) is 0.642. The van der Waals surface area contributed by atoms with E-state index in [1.165, 1.54) is 70.5 Å². The fourth-order valence-corrected chi connectivity index (χ4v) is 3.81. The van der Waals surface area contributed by atoms with Crippen LogP contribution in [0.25, 0.3) is 0 Å². The van der Waals surface area contributed by atoms with Crippen molar-refractivity contribution < 1.29 is 0 Å². The molecule has 0 saturated carbocycles. The van der Waals surface area contributed by atoms with Crippen molar-refractivity contribution in [2.75, 3.05) is 44.6 Å². The Labute approximate surface area is 176 Å². The lowest BCUT2D eigenvalue weighted by Crippen LogP contribution is -2.54. The molecular formula is C18H31Cl4N3. The molecular weight excluding hydrogens is 400 g/mol. The molecule has 2 saturated heterocycles. The largest absolute Gasteiger partial charge is 0.385 e. The van der Waals surface area contributed by atoms with E-state index in [1.807, 2.05) is 24.3 Å². The Morgan fingerprint density at radius 3 is 2.48 bits per heavy atom. The predicted octanol–water partition coefficient (Wildman–Crippen LogP) is 4.97. The zero-order valence-corrected chi connectivity index (χ0v) is 17.9. The number of nitrogens with zero attached hydrogens (tertiary/aromatic N) is 2. The molecule has 3 nitrogen and oxygen atoms in total. The van der Waals surface area contributed by atoms with Crippen LogP contribution in [0.4, 0.5) is 5.69 Å². The molecule has 0 aliphatic carbocycles. The van der Waals surface area contributed by atoms with Gasteiger partial charge in [0, 0.05) is 42.9 Å². The standard InChI is InChI=1S/C18H28ClN3.3ClH/c19-16-6-8-17(9-7-16)20-10-2-4-11-21-13-14-22-12-3-1-5-18(22)15-21;;;/h6-9,18,20H,1-5,10-15H2;3*1H. The third kappa shape index (κ3) is 8.11. The van der Waals surface area contributed by atoms with E-state index in [0.29, 0.717) is 0 Å². The monoisotopic (exact) mass is 429 g/mol. The van der Waals surface area contributed by atoms with Crippen molar-refractivity contribution in [3.63, 3.8) is 0 Å². The highest BCUT2D eigenvalue weighted by Crippen LogP contribution is 2.21. The molecule has 0 spiro atoms. The van der Waals surface area contributed by atoms with E-state index >= 15 is 0 Å². The third-order valence-electron chi connectivity index (χ3n) is 5.00. The molecule has 146 valence electrons. The van der Waals surface area contributed by atoms with Crippen LogP contribution in [-0.4, -0.2) is 55.1 Å². The van der Waals surface area contributed by atoms with Crippen molar-refractivity contribution in [2.24, 2.45) is 0 Å². The van der Waals surface area contributed by atoms with E-state index in [0.717, 1.165) is 17.6 Å². The maximum Gasteiger partial charge on any atom is 0.0407 e. The van der Waals surface area contributed by atoms with Gasteiger partial charge in [-0.1, -0.05) is 18.0 Å². The first-order valence-corrected chi connectivity index (χ1v) is 9.15. The van der Waals surface area contributed by atoms with E-state index in [4.69, 9.17) is 11.6 Å². The summed E-state index contributed by atoms with van der Waals surface area (Å²) in [4.78, 5) is 5.39. The summed E-state index contributed by atoms with van der Waals surface area (Å²) in [6, 6.07) is 8.81. The Balaban J connectivity index is 0.00000192. The zero-order chi connectivity index (χ0) is 15.2. The summed E-state index contributed by atoms with van der Waals surface area (Å²) >= 11 is 5.89. The van der Waals surface area contributed by atoms with Gasteiger partial charge in [-0.25, -0.2) is 0 Å². The number of unbranched alkanes of at least 4 members (excludes halogenated alkanes) is 1. The van der Waals surface area contributed by atoms with Gasteiger partial charge in [-0.05, 0) is 63.0 Å². The molecule has 0 amide bonds. The van der Waals surface area contributed by atoms with Crippen LogP contribution in [-0.2, 0) is 0 Å². The van der Waals surface area contributed by atoms with Crippen LogP contribution < -0.4 is 5.32 Å². The summed E-state index contributed by atoms with van der Waals surface area (Å²) in [5.41, 5.74) is 1.17. The van der Waals surface area contributed by atoms with Crippen LogP contribution in [0.5, 0.6) is 0 Å². The molecule has 7 heteroatoms. The van der Waals surface area contributed by atoms with Gasteiger partial charge in [-0.3, -0.25) is 4.90 Å². The van der Waals surface area contributed by atoms with Gasteiger partial charge in [0.1, 0.15) is 0 Å². The first-order valence-electron chi connectivity index (χ1n) is 8.77. The Kier molecular flexibility index (Phi) is 13.3. The smallest absolute Gasteiger partial charge is 0.0407 e. The summed E-state index contributed by atoms with van der Waals surface area (Å²) in [5, 5.41) is 4.27. The Morgan fingerprint density at radius 2 is 1.72 bits per heavy atom. The highest BCUT2D eigenvalue weighted by molar-refractivity contribution is 6.30. The highest BCUT2D eigenvalue weighted by Gasteiger charge is 2.28. The molecule has 2 heterocycles. The zero-order valence-electron chi connectivity index (χ0n) is 14.7. The lowest BCUT2D eigenvalue weighted by molar-refractivity contribution is 0.0488. The lowest BCUT2D eigenvalue weighted by Gasteiger charge is -2.44. The highest BCUT2D eigenvalue weighted by atomic mass is 35.5. The second-order valence-corrected chi connectivity index (χ2v) is 7.06. The van der Waals surface area contributed by atoms with Gasteiger partial charge in [0.05, 0.1) is 0 Å². The molecule has 1 aromatic carbocycles. The number of rotatable bonds is 6. The molecule has 0 radical (unpaired) electrons. The van der Waals surface area contributed by atoms with Crippen LogP contribution in [0.15, 0.2) is 24.3 Å². The van der Waals surface area contributed by atoms with Crippen molar-refractivity contribution in [1.82, 2.24) is 9.80 Å². The predicted molar refractivity (Wildman–Crippen MR) is 117 cm³/mol. The Bertz CT molecular complexity index is 458. The average Bonchev–Trinajstić information content (AvgIpc) is 2.56. The van der Waals surface area contributed by atoms with Crippen LogP contribution in [0.2, 0.25) is 5.02 Å². The van der Waals surface area contributed by atoms with Crippen LogP contribution in [0.1, 0.15) is 32.1 Å². The number of nitrogens with one attached hydrogen (secondary N) is 1. The third-order valence-corrected chi connectivity index (χ3v) is 5.25. The molecule has 3 rings (SSSR count). The van der Waals surface area contributed by atoms with Crippen molar-refractivity contribution in [3.05, 3.63) is 29.3 Å². The van der Waals surface area contributed by atoms with E-state index in [2.05, 4.69) is 15.1 Å². The van der Waals surface area contributed by atoms with Gasteiger partial charge in [-0.2, -0.15) is 0 Å². The van der Waals surface area contributed by atoms with E-state index < -0.39 is 0 Å². The molecule has 2 aliphatic heterocycles. The summed E-state index contributed by atoms with van der Waals surface area (Å²) in [6.07, 6.45) is 6.77. The van der Waals surface area contributed by atoms with E-state index in [9.17, 15) is 0 Å². The van der Waals surface area contributed by atoms with E-state index in [-0.39, 0.29) is 37.2 Å². The number of fused-ring (bicyclic) bond motifs is 1. The van der Waals surface area contributed by atoms with Crippen molar-refractivity contribution >= 4 is 54.5 Å². The summed E-state index contributed by atoms with van der Waals surface area (Å²) < 4.78 is 0. The summed E-state index contributed by atoms with van der Waals surface area (Å²) in [6.45, 7) is 7.49. The molecule has 0 bridgehead atoms. The fraction of sp³-hybridized carbons (Fsp3) is 0.667. The van der Waals surface area contributed by atoms with Gasteiger partial charge >= 0.3 is 0 Å². The van der Waals surface area contributed by atoms with Gasteiger partial charge in [-0.15, -0.1) is 37.2 Å². The molecule has 25 heavy (non-hydrogen) atoms.